The fourth-order valence-electron chi connectivity index (χ4n) is 2.35. The normalized spacial score (nSPS) is 10.7. The molecule has 0 fully saturated rings. The Morgan fingerprint density at radius 3 is 2.64 bits per heavy atom. The van der Waals surface area contributed by atoms with Crippen LogP contribution in [0.2, 0.25) is 0 Å². The molecule has 0 spiro atoms. The molecule has 2 rings (SSSR count). The Morgan fingerprint density at radius 1 is 1.18 bits per heavy atom. The average Bonchev–Trinajstić information content (AvgIpc) is 2.46. The van der Waals surface area contributed by atoms with Gasteiger partial charge in [-0.1, -0.05) is 0 Å². The summed E-state index contributed by atoms with van der Waals surface area (Å²) in [6, 6.07) is 5.09. The Morgan fingerprint density at radius 2 is 1.95 bits per heavy atom. The maximum Gasteiger partial charge on any atom is 0.336 e. The minimum Gasteiger partial charge on any atom is -0.493 e. The van der Waals surface area contributed by atoms with Crippen LogP contribution in [0.1, 0.15) is 31.4 Å². The van der Waals surface area contributed by atoms with E-state index in [2.05, 4.69) is 0 Å². The van der Waals surface area contributed by atoms with Crippen molar-refractivity contribution in [2.24, 2.45) is 0 Å². The summed E-state index contributed by atoms with van der Waals surface area (Å²) >= 11 is 0. The van der Waals surface area contributed by atoms with Crippen molar-refractivity contribution >= 4 is 16.9 Å². The van der Waals surface area contributed by atoms with E-state index in [1.54, 1.807) is 13.0 Å². The summed E-state index contributed by atoms with van der Waals surface area (Å²) in [7, 11) is 0. The van der Waals surface area contributed by atoms with E-state index in [1.807, 2.05) is 19.9 Å². The quantitative estimate of drug-likeness (QED) is 0.606. The molecule has 5 nitrogen and oxygen atoms in total. The number of rotatable bonds is 6. The molecule has 0 bridgehead atoms. The van der Waals surface area contributed by atoms with Crippen molar-refractivity contribution < 1.29 is 18.7 Å². The van der Waals surface area contributed by atoms with Crippen LogP contribution in [0, 0.1) is 6.92 Å². The summed E-state index contributed by atoms with van der Waals surface area (Å²) in [5, 5.41) is 0.849. The van der Waals surface area contributed by atoms with Gasteiger partial charge in [0.2, 0.25) is 0 Å². The van der Waals surface area contributed by atoms with E-state index >= 15 is 0 Å². The Balaban J connectivity index is 2.40. The molecule has 1 aromatic carbocycles. The standard InChI is InChI=1S/C17H20O5/c1-4-20-14-10-15-13(11(3)8-17(19)22-15)9-12(14)6-7-16(18)21-5-2/h8-10H,4-7H2,1-3H3. The maximum absolute atomic E-state index is 11.5. The highest BCUT2D eigenvalue weighted by Gasteiger charge is 2.12. The smallest absolute Gasteiger partial charge is 0.336 e. The molecule has 2 aromatic rings. The van der Waals surface area contributed by atoms with Gasteiger partial charge in [0.15, 0.2) is 0 Å². The molecule has 0 radical (unpaired) electrons. The molecular formula is C17H20O5. The predicted octanol–water partition coefficient (Wildman–Crippen LogP) is 3.00. The zero-order chi connectivity index (χ0) is 16.1. The fraction of sp³-hybridized carbons (Fsp3) is 0.412. The third-order valence-electron chi connectivity index (χ3n) is 3.34. The number of hydrogen-bond donors (Lipinski definition) is 0. The first-order chi connectivity index (χ1) is 10.5. The van der Waals surface area contributed by atoms with E-state index < -0.39 is 0 Å². The van der Waals surface area contributed by atoms with Crippen LogP contribution in [-0.4, -0.2) is 19.2 Å². The molecule has 0 aliphatic rings. The molecular weight excluding hydrogens is 284 g/mol. The van der Waals surface area contributed by atoms with Gasteiger partial charge in [0.1, 0.15) is 11.3 Å². The van der Waals surface area contributed by atoms with Gasteiger partial charge in [0.25, 0.3) is 0 Å². The molecule has 22 heavy (non-hydrogen) atoms. The van der Waals surface area contributed by atoms with E-state index in [0.717, 1.165) is 16.5 Å². The first kappa shape index (κ1) is 16.1. The molecule has 0 atom stereocenters. The Labute approximate surface area is 128 Å². The number of aryl methyl sites for hydroxylation is 2. The second-order valence-corrected chi connectivity index (χ2v) is 4.94. The zero-order valence-corrected chi connectivity index (χ0v) is 13.1. The van der Waals surface area contributed by atoms with Gasteiger partial charge in [0.05, 0.1) is 13.2 Å². The zero-order valence-electron chi connectivity index (χ0n) is 13.1. The summed E-state index contributed by atoms with van der Waals surface area (Å²) in [5.74, 6) is 0.398. The lowest BCUT2D eigenvalue weighted by Gasteiger charge is -2.12. The second-order valence-electron chi connectivity index (χ2n) is 4.94. The summed E-state index contributed by atoms with van der Waals surface area (Å²) in [4.78, 5) is 23.0. The molecule has 1 aromatic heterocycles. The van der Waals surface area contributed by atoms with Gasteiger partial charge in [-0.15, -0.1) is 0 Å². The van der Waals surface area contributed by atoms with Crippen molar-refractivity contribution in [3.63, 3.8) is 0 Å². The Kier molecular flexibility index (Phi) is 5.20. The Hall–Kier alpha value is -2.30. The second kappa shape index (κ2) is 7.11. The summed E-state index contributed by atoms with van der Waals surface area (Å²) < 4.78 is 15.8. The summed E-state index contributed by atoms with van der Waals surface area (Å²) in [5.41, 5.74) is 1.85. The van der Waals surface area contributed by atoms with Gasteiger partial charge in [-0.05, 0) is 44.4 Å². The monoisotopic (exact) mass is 304 g/mol. The lowest BCUT2D eigenvalue weighted by molar-refractivity contribution is -0.143. The summed E-state index contributed by atoms with van der Waals surface area (Å²) in [6.45, 7) is 6.39. The van der Waals surface area contributed by atoms with Crippen LogP contribution >= 0.6 is 0 Å². The van der Waals surface area contributed by atoms with Crippen molar-refractivity contribution in [3.05, 3.63) is 39.7 Å². The van der Waals surface area contributed by atoms with Crippen molar-refractivity contribution in [3.8, 4) is 5.75 Å². The van der Waals surface area contributed by atoms with Gasteiger partial charge in [-0.25, -0.2) is 4.79 Å². The van der Waals surface area contributed by atoms with Crippen LogP contribution in [0.25, 0.3) is 11.0 Å². The van der Waals surface area contributed by atoms with Crippen molar-refractivity contribution in [2.45, 2.75) is 33.6 Å². The van der Waals surface area contributed by atoms with E-state index in [9.17, 15) is 9.59 Å². The highest BCUT2D eigenvalue weighted by atomic mass is 16.5. The first-order valence-electron chi connectivity index (χ1n) is 7.41. The minimum absolute atomic E-state index is 0.235. The number of carbonyl (C=O) groups excluding carboxylic acids is 1. The number of ether oxygens (including phenoxy) is 2. The van der Waals surface area contributed by atoms with Crippen LogP contribution in [0.5, 0.6) is 5.75 Å². The Bertz CT molecular complexity index is 730. The number of carbonyl (C=O) groups is 1. The fourth-order valence-corrected chi connectivity index (χ4v) is 2.35. The molecule has 118 valence electrons. The van der Waals surface area contributed by atoms with Crippen molar-refractivity contribution in [1.82, 2.24) is 0 Å². The summed E-state index contributed by atoms with van der Waals surface area (Å²) in [6.07, 6.45) is 0.803. The van der Waals surface area contributed by atoms with Crippen LogP contribution in [0.15, 0.2) is 27.4 Å². The number of benzene rings is 1. The van der Waals surface area contributed by atoms with Gasteiger partial charge >= 0.3 is 11.6 Å². The number of fused-ring (bicyclic) bond motifs is 1. The molecule has 0 aliphatic carbocycles. The molecule has 5 heteroatoms. The molecule has 0 amide bonds. The van der Waals surface area contributed by atoms with E-state index in [4.69, 9.17) is 13.9 Å². The van der Waals surface area contributed by atoms with Gasteiger partial charge in [-0.2, -0.15) is 0 Å². The van der Waals surface area contributed by atoms with E-state index in [-0.39, 0.29) is 18.0 Å². The average molecular weight is 304 g/mol. The van der Waals surface area contributed by atoms with Crippen LogP contribution < -0.4 is 10.4 Å². The van der Waals surface area contributed by atoms with E-state index in [1.165, 1.54) is 6.07 Å². The SMILES string of the molecule is CCOC(=O)CCc1cc2c(C)cc(=O)oc2cc1OCC. The molecule has 1 heterocycles. The van der Waals surface area contributed by atoms with Crippen LogP contribution in [-0.2, 0) is 16.0 Å². The topological polar surface area (TPSA) is 65.7 Å². The first-order valence-corrected chi connectivity index (χ1v) is 7.41. The lowest BCUT2D eigenvalue weighted by atomic mass is 10.0. The minimum atomic E-state index is -0.383. The molecule has 0 unspecified atom stereocenters. The third-order valence-corrected chi connectivity index (χ3v) is 3.34. The molecule has 0 saturated carbocycles. The largest absolute Gasteiger partial charge is 0.493 e. The van der Waals surface area contributed by atoms with Crippen LogP contribution in [0.4, 0.5) is 0 Å². The molecule has 0 aliphatic heterocycles. The van der Waals surface area contributed by atoms with Gasteiger partial charge < -0.3 is 13.9 Å². The molecule has 0 saturated heterocycles. The molecule has 0 N–H and O–H groups in total. The van der Waals surface area contributed by atoms with E-state index in [0.29, 0.717) is 31.0 Å². The maximum atomic E-state index is 11.5. The number of esters is 1. The van der Waals surface area contributed by atoms with Gasteiger partial charge in [-0.3, -0.25) is 4.79 Å². The highest BCUT2D eigenvalue weighted by Crippen LogP contribution is 2.28. The predicted molar refractivity (Wildman–Crippen MR) is 83.3 cm³/mol. The van der Waals surface area contributed by atoms with Crippen LogP contribution in [0.3, 0.4) is 0 Å². The third kappa shape index (κ3) is 3.67. The van der Waals surface area contributed by atoms with Crippen molar-refractivity contribution in [2.75, 3.05) is 13.2 Å². The number of hydrogen-bond acceptors (Lipinski definition) is 5. The lowest BCUT2D eigenvalue weighted by Crippen LogP contribution is -2.07. The highest BCUT2D eigenvalue weighted by molar-refractivity contribution is 5.83. The van der Waals surface area contributed by atoms with Gasteiger partial charge in [0, 0.05) is 23.9 Å². The van der Waals surface area contributed by atoms with Crippen molar-refractivity contribution in [1.29, 1.82) is 0 Å².